The molecule has 0 saturated heterocycles. The van der Waals surface area contributed by atoms with Crippen LogP contribution in [0.2, 0.25) is 5.02 Å². The van der Waals surface area contributed by atoms with Gasteiger partial charge in [-0.3, -0.25) is 9.78 Å². The number of benzene rings is 2. The van der Waals surface area contributed by atoms with E-state index in [1.54, 1.807) is 18.5 Å². The van der Waals surface area contributed by atoms with Gasteiger partial charge < -0.3 is 14.8 Å². The fourth-order valence-corrected chi connectivity index (χ4v) is 2.70. The number of carbonyl (C=O) groups is 1. The van der Waals surface area contributed by atoms with Gasteiger partial charge in [-0.1, -0.05) is 23.7 Å². The predicted molar refractivity (Wildman–Crippen MR) is 94.3 cm³/mol. The molecule has 2 aromatic carbocycles. The first-order valence-electron chi connectivity index (χ1n) is 7.19. The van der Waals surface area contributed by atoms with E-state index in [0.717, 1.165) is 10.8 Å². The van der Waals surface area contributed by atoms with Gasteiger partial charge in [0.15, 0.2) is 0 Å². The Morgan fingerprint density at radius 3 is 2.67 bits per heavy atom. The highest BCUT2D eigenvalue weighted by Crippen LogP contribution is 2.33. The molecule has 1 N–H and O–H groups in total. The topological polar surface area (TPSA) is 60.5 Å². The molecule has 0 aliphatic carbocycles. The third-order valence-corrected chi connectivity index (χ3v) is 3.94. The maximum Gasteiger partial charge on any atom is 0.259 e. The van der Waals surface area contributed by atoms with Crippen molar-refractivity contribution in [3.63, 3.8) is 0 Å². The van der Waals surface area contributed by atoms with Crippen molar-refractivity contribution in [2.45, 2.75) is 0 Å². The van der Waals surface area contributed by atoms with Crippen LogP contribution < -0.4 is 14.8 Å². The third kappa shape index (κ3) is 2.98. The first-order chi connectivity index (χ1) is 11.6. The van der Waals surface area contributed by atoms with Crippen LogP contribution >= 0.6 is 11.6 Å². The van der Waals surface area contributed by atoms with Gasteiger partial charge in [-0.2, -0.15) is 0 Å². The van der Waals surface area contributed by atoms with Crippen LogP contribution in [-0.4, -0.2) is 25.1 Å². The van der Waals surface area contributed by atoms with Crippen LogP contribution in [0.4, 0.5) is 5.69 Å². The van der Waals surface area contributed by atoms with E-state index >= 15 is 0 Å². The van der Waals surface area contributed by atoms with Crippen molar-refractivity contribution in [2.75, 3.05) is 19.5 Å². The number of nitrogens with one attached hydrogen (secondary N) is 1. The van der Waals surface area contributed by atoms with Crippen LogP contribution in [0.15, 0.2) is 48.8 Å². The number of fused-ring (bicyclic) bond motifs is 1. The zero-order valence-electron chi connectivity index (χ0n) is 13.2. The summed E-state index contributed by atoms with van der Waals surface area (Å²) in [6, 6.07) is 10.6. The molecule has 0 atom stereocenters. The second-order valence-corrected chi connectivity index (χ2v) is 5.45. The number of pyridine rings is 1. The molecule has 0 bridgehead atoms. The molecule has 0 aliphatic rings. The lowest BCUT2D eigenvalue weighted by Crippen LogP contribution is -2.13. The Labute approximate surface area is 144 Å². The molecule has 3 rings (SSSR count). The lowest BCUT2D eigenvalue weighted by molar-refractivity contribution is 0.102. The number of nitrogens with zero attached hydrogens (tertiary/aromatic N) is 1. The molecule has 0 radical (unpaired) electrons. The number of hydrogen-bond acceptors (Lipinski definition) is 4. The molecule has 5 nitrogen and oxygen atoms in total. The van der Waals surface area contributed by atoms with Crippen molar-refractivity contribution in [1.82, 2.24) is 4.98 Å². The summed E-state index contributed by atoms with van der Waals surface area (Å²) in [5, 5.41) is 5.08. The summed E-state index contributed by atoms with van der Waals surface area (Å²) in [7, 11) is 2.99. The summed E-state index contributed by atoms with van der Waals surface area (Å²) in [5.74, 6) is 0.512. The monoisotopic (exact) mass is 342 g/mol. The van der Waals surface area contributed by atoms with Gasteiger partial charge in [0.05, 0.1) is 24.8 Å². The Morgan fingerprint density at radius 1 is 1.12 bits per heavy atom. The highest BCUT2D eigenvalue weighted by Gasteiger charge is 2.17. The first kappa shape index (κ1) is 16.1. The fourth-order valence-electron chi connectivity index (χ4n) is 2.46. The molecule has 6 heteroatoms. The number of ether oxygens (including phenoxy) is 2. The summed E-state index contributed by atoms with van der Waals surface area (Å²) < 4.78 is 10.4. The second kappa shape index (κ2) is 6.76. The van der Waals surface area contributed by atoms with Crippen LogP contribution in [-0.2, 0) is 0 Å². The normalized spacial score (nSPS) is 10.5. The van der Waals surface area contributed by atoms with E-state index in [4.69, 9.17) is 21.1 Å². The number of carbonyl (C=O) groups excluding carboxylic acids is 1. The van der Waals surface area contributed by atoms with Crippen molar-refractivity contribution in [1.29, 1.82) is 0 Å². The maximum atomic E-state index is 12.7. The molecule has 3 aromatic rings. The van der Waals surface area contributed by atoms with E-state index in [1.807, 2.05) is 24.3 Å². The molecule has 0 fully saturated rings. The van der Waals surface area contributed by atoms with Crippen LogP contribution in [0.1, 0.15) is 10.4 Å². The molecule has 0 unspecified atom stereocenters. The van der Waals surface area contributed by atoms with Crippen LogP contribution in [0, 0.1) is 0 Å². The zero-order valence-corrected chi connectivity index (χ0v) is 13.9. The Hall–Kier alpha value is -2.79. The fraction of sp³-hybridized carbons (Fsp3) is 0.111. The number of amides is 1. The number of rotatable bonds is 4. The number of methoxy groups -OCH3 is 2. The highest BCUT2D eigenvalue weighted by atomic mass is 35.5. The van der Waals surface area contributed by atoms with Gasteiger partial charge in [-0.15, -0.1) is 0 Å². The van der Waals surface area contributed by atoms with E-state index in [9.17, 15) is 4.79 Å². The van der Waals surface area contributed by atoms with E-state index in [-0.39, 0.29) is 5.91 Å². The molecule has 0 spiro atoms. The second-order valence-electron chi connectivity index (χ2n) is 5.04. The SMILES string of the molecule is COc1cc(OC)c(C(=O)Nc2cccc3cnccc23)cc1Cl. The molecule has 0 aliphatic heterocycles. The minimum absolute atomic E-state index is 0.319. The smallest absolute Gasteiger partial charge is 0.259 e. The van der Waals surface area contributed by atoms with Crippen LogP contribution in [0.25, 0.3) is 10.8 Å². The van der Waals surface area contributed by atoms with Gasteiger partial charge in [0, 0.05) is 34.9 Å². The predicted octanol–water partition coefficient (Wildman–Crippen LogP) is 4.16. The summed E-state index contributed by atoms with van der Waals surface area (Å²) in [6.45, 7) is 0. The number of anilines is 1. The van der Waals surface area contributed by atoms with Gasteiger partial charge in [0.1, 0.15) is 11.5 Å². The van der Waals surface area contributed by atoms with Crippen molar-refractivity contribution in [2.24, 2.45) is 0 Å². The lowest BCUT2D eigenvalue weighted by atomic mass is 10.1. The largest absolute Gasteiger partial charge is 0.496 e. The Morgan fingerprint density at radius 2 is 1.92 bits per heavy atom. The summed E-state index contributed by atoms with van der Waals surface area (Å²) in [4.78, 5) is 16.8. The quantitative estimate of drug-likeness (QED) is 0.773. The van der Waals surface area contributed by atoms with Gasteiger partial charge in [0.25, 0.3) is 5.91 Å². The Balaban J connectivity index is 1.99. The molecule has 1 amide bonds. The van der Waals surface area contributed by atoms with Crippen molar-refractivity contribution < 1.29 is 14.3 Å². The molecule has 0 saturated carbocycles. The van der Waals surface area contributed by atoms with Gasteiger partial charge in [0.2, 0.25) is 0 Å². The Kier molecular flexibility index (Phi) is 4.53. The van der Waals surface area contributed by atoms with E-state index in [0.29, 0.717) is 27.8 Å². The lowest BCUT2D eigenvalue weighted by Gasteiger charge is -2.13. The van der Waals surface area contributed by atoms with Crippen molar-refractivity contribution >= 4 is 34.0 Å². The van der Waals surface area contributed by atoms with E-state index in [2.05, 4.69) is 10.3 Å². The minimum Gasteiger partial charge on any atom is -0.496 e. The number of halogens is 1. The standard InChI is InChI=1S/C18H15ClN2O3/c1-23-16-9-17(24-2)14(19)8-13(16)18(22)21-15-5-3-4-11-10-20-7-6-12(11)15/h3-10H,1-2H3,(H,21,22). The maximum absolute atomic E-state index is 12.7. The molecule has 1 heterocycles. The molecule has 122 valence electrons. The third-order valence-electron chi connectivity index (χ3n) is 3.65. The summed E-state index contributed by atoms with van der Waals surface area (Å²) in [6.07, 6.45) is 3.43. The summed E-state index contributed by atoms with van der Waals surface area (Å²) >= 11 is 6.13. The zero-order chi connectivity index (χ0) is 17.1. The average Bonchev–Trinajstić information content (AvgIpc) is 2.61. The molecular weight excluding hydrogens is 328 g/mol. The van der Waals surface area contributed by atoms with Gasteiger partial charge in [-0.05, 0) is 18.2 Å². The van der Waals surface area contributed by atoms with Crippen molar-refractivity contribution in [3.8, 4) is 11.5 Å². The molecular formula is C18H15ClN2O3. The van der Waals surface area contributed by atoms with Crippen molar-refractivity contribution in [3.05, 3.63) is 59.4 Å². The number of aromatic nitrogens is 1. The van der Waals surface area contributed by atoms with Crippen LogP contribution in [0.3, 0.4) is 0 Å². The first-order valence-corrected chi connectivity index (χ1v) is 7.57. The van der Waals surface area contributed by atoms with E-state index < -0.39 is 0 Å². The highest BCUT2D eigenvalue weighted by molar-refractivity contribution is 6.32. The molecule has 1 aromatic heterocycles. The van der Waals surface area contributed by atoms with E-state index in [1.165, 1.54) is 20.3 Å². The minimum atomic E-state index is -0.319. The average molecular weight is 343 g/mol. The number of hydrogen-bond donors (Lipinski definition) is 1. The molecule has 24 heavy (non-hydrogen) atoms. The van der Waals surface area contributed by atoms with Gasteiger partial charge >= 0.3 is 0 Å². The summed E-state index contributed by atoms with van der Waals surface area (Å²) in [5.41, 5.74) is 1.02. The van der Waals surface area contributed by atoms with Crippen LogP contribution in [0.5, 0.6) is 11.5 Å². The Bertz CT molecular complexity index is 907. The van der Waals surface area contributed by atoms with Gasteiger partial charge in [-0.25, -0.2) is 0 Å².